The van der Waals surface area contributed by atoms with Crippen molar-refractivity contribution in [1.82, 2.24) is 0 Å². The summed E-state index contributed by atoms with van der Waals surface area (Å²) in [7, 11) is 0. The molecule has 0 radical (unpaired) electrons. The van der Waals surface area contributed by atoms with Crippen LogP contribution in [0.25, 0.3) is 0 Å². The summed E-state index contributed by atoms with van der Waals surface area (Å²) < 4.78 is 11.3. The van der Waals surface area contributed by atoms with Gasteiger partial charge in [0.15, 0.2) is 0 Å². The molecule has 0 saturated heterocycles. The Hall–Kier alpha value is -1.06. The van der Waals surface area contributed by atoms with E-state index in [4.69, 9.17) is 9.47 Å². The zero-order valence-corrected chi connectivity index (χ0v) is 21.5. The summed E-state index contributed by atoms with van der Waals surface area (Å²) in [4.78, 5) is 25.4. The highest BCUT2D eigenvalue weighted by atomic mass is 16.5. The van der Waals surface area contributed by atoms with Gasteiger partial charge in [-0.15, -0.1) is 0 Å². The van der Waals surface area contributed by atoms with Crippen molar-refractivity contribution in [2.24, 2.45) is 17.8 Å². The standard InChI is InChI=1S/C28H52O4/c1-4-7-9-10-11-12-13-14-15-18-22-31-27(29)25-20-16-17-21-26(25)28(30)32-23-24(6-3)19-8-5-2/h24-26H,4-23H2,1-3H3. The average molecular weight is 453 g/mol. The van der Waals surface area contributed by atoms with Crippen molar-refractivity contribution >= 4 is 11.9 Å². The maximum Gasteiger partial charge on any atom is 0.309 e. The van der Waals surface area contributed by atoms with Crippen LogP contribution in [0.1, 0.15) is 136 Å². The first kappa shape index (κ1) is 29.0. The first-order valence-electron chi connectivity index (χ1n) is 14.0. The lowest BCUT2D eigenvalue weighted by Crippen LogP contribution is -2.35. The lowest BCUT2D eigenvalue weighted by molar-refractivity contribution is -0.163. The second-order valence-electron chi connectivity index (χ2n) is 9.89. The smallest absolute Gasteiger partial charge is 0.309 e. The fourth-order valence-electron chi connectivity index (χ4n) is 4.77. The number of hydrogen-bond acceptors (Lipinski definition) is 4. The Morgan fingerprint density at radius 2 is 1.19 bits per heavy atom. The van der Waals surface area contributed by atoms with Crippen LogP contribution in [-0.2, 0) is 19.1 Å². The number of carbonyl (C=O) groups is 2. The zero-order valence-electron chi connectivity index (χ0n) is 21.5. The summed E-state index contributed by atoms with van der Waals surface area (Å²) in [6.45, 7) is 7.58. The van der Waals surface area contributed by atoms with Crippen molar-refractivity contribution in [3.63, 3.8) is 0 Å². The Bertz CT molecular complexity index is 476. The molecule has 4 nitrogen and oxygen atoms in total. The molecular formula is C28H52O4. The first-order valence-corrected chi connectivity index (χ1v) is 14.0. The van der Waals surface area contributed by atoms with Crippen molar-refractivity contribution in [3.05, 3.63) is 0 Å². The van der Waals surface area contributed by atoms with Crippen molar-refractivity contribution in [2.75, 3.05) is 13.2 Å². The summed E-state index contributed by atoms with van der Waals surface area (Å²) in [5.74, 6) is -0.548. The molecule has 3 atom stereocenters. The number of unbranched alkanes of at least 4 members (excludes halogenated alkanes) is 10. The van der Waals surface area contributed by atoms with Gasteiger partial charge < -0.3 is 9.47 Å². The SMILES string of the molecule is CCCCCCCCCCCCOC(=O)C1CCCCC1C(=O)OCC(CC)CCCC. The molecule has 0 amide bonds. The van der Waals surface area contributed by atoms with Gasteiger partial charge in [0.2, 0.25) is 0 Å². The monoisotopic (exact) mass is 452 g/mol. The lowest BCUT2D eigenvalue weighted by atomic mass is 9.79. The minimum Gasteiger partial charge on any atom is -0.465 e. The summed E-state index contributed by atoms with van der Waals surface area (Å²) in [6, 6.07) is 0. The van der Waals surface area contributed by atoms with Crippen molar-refractivity contribution in [1.29, 1.82) is 0 Å². The summed E-state index contributed by atoms with van der Waals surface area (Å²) in [5.41, 5.74) is 0. The number of ether oxygens (including phenoxy) is 2. The van der Waals surface area contributed by atoms with Crippen LogP contribution in [0.5, 0.6) is 0 Å². The second-order valence-corrected chi connectivity index (χ2v) is 9.89. The van der Waals surface area contributed by atoms with Gasteiger partial charge in [0.25, 0.3) is 0 Å². The van der Waals surface area contributed by atoms with Crippen molar-refractivity contribution in [3.8, 4) is 0 Å². The normalized spacial score (nSPS) is 19.5. The van der Waals surface area contributed by atoms with Gasteiger partial charge in [-0.05, 0) is 31.6 Å². The number of rotatable bonds is 19. The molecule has 1 aliphatic carbocycles. The van der Waals surface area contributed by atoms with E-state index in [1.807, 2.05) is 0 Å². The van der Waals surface area contributed by atoms with Crippen molar-refractivity contribution < 1.29 is 19.1 Å². The van der Waals surface area contributed by atoms with E-state index in [0.717, 1.165) is 51.4 Å². The third-order valence-corrected chi connectivity index (χ3v) is 7.12. The maximum atomic E-state index is 12.7. The molecule has 0 spiro atoms. The van der Waals surface area contributed by atoms with Gasteiger partial charge in [-0.1, -0.05) is 111 Å². The number of esters is 2. The fraction of sp³-hybridized carbons (Fsp3) is 0.929. The number of hydrogen-bond donors (Lipinski definition) is 0. The Morgan fingerprint density at radius 3 is 1.72 bits per heavy atom. The van der Waals surface area contributed by atoms with Gasteiger partial charge in [-0.25, -0.2) is 0 Å². The van der Waals surface area contributed by atoms with Gasteiger partial charge in [-0.2, -0.15) is 0 Å². The van der Waals surface area contributed by atoms with Crippen LogP contribution < -0.4 is 0 Å². The molecule has 1 saturated carbocycles. The molecule has 1 rings (SSSR count). The zero-order chi connectivity index (χ0) is 23.4. The molecule has 1 fully saturated rings. The van der Waals surface area contributed by atoms with Crippen LogP contribution in [0.2, 0.25) is 0 Å². The van der Waals surface area contributed by atoms with Crippen LogP contribution in [0.4, 0.5) is 0 Å². The predicted octanol–water partition coefficient (Wildman–Crippen LogP) is 8.02. The van der Waals surface area contributed by atoms with E-state index in [2.05, 4.69) is 20.8 Å². The molecule has 0 N–H and O–H groups in total. The quantitative estimate of drug-likeness (QED) is 0.147. The predicted molar refractivity (Wildman–Crippen MR) is 133 cm³/mol. The average Bonchev–Trinajstić information content (AvgIpc) is 2.82. The Balaban J connectivity index is 2.23. The van der Waals surface area contributed by atoms with E-state index in [1.54, 1.807) is 0 Å². The van der Waals surface area contributed by atoms with Gasteiger partial charge >= 0.3 is 11.9 Å². The third-order valence-electron chi connectivity index (χ3n) is 7.12. The lowest BCUT2D eigenvalue weighted by Gasteiger charge is -2.29. The Morgan fingerprint density at radius 1 is 0.688 bits per heavy atom. The molecule has 0 aromatic heterocycles. The fourth-order valence-corrected chi connectivity index (χ4v) is 4.77. The first-order chi connectivity index (χ1) is 15.6. The third kappa shape index (κ3) is 12.8. The van der Waals surface area contributed by atoms with Gasteiger partial charge in [0.1, 0.15) is 0 Å². The number of carbonyl (C=O) groups excluding carboxylic acids is 2. The molecule has 0 aliphatic heterocycles. The molecule has 0 aromatic rings. The van der Waals surface area contributed by atoms with E-state index >= 15 is 0 Å². The largest absolute Gasteiger partial charge is 0.465 e. The van der Waals surface area contributed by atoms with E-state index in [9.17, 15) is 9.59 Å². The summed E-state index contributed by atoms with van der Waals surface area (Å²) in [5, 5.41) is 0. The van der Waals surface area contributed by atoms with Crippen LogP contribution in [0, 0.1) is 17.8 Å². The highest BCUT2D eigenvalue weighted by Gasteiger charge is 2.38. The highest BCUT2D eigenvalue weighted by Crippen LogP contribution is 2.32. The molecule has 3 unspecified atom stereocenters. The Kier molecular flexibility index (Phi) is 17.6. The maximum absolute atomic E-state index is 12.7. The van der Waals surface area contributed by atoms with Gasteiger partial charge in [-0.3, -0.25) is 9.59 Å². The van der Waals surface area contributed by atoms with Crippen LogP contribution >= 0.6 is 0 Å². The summed E-state index contributed by atoms with van der Waals surface area (Å²) >= 11 is 0. The molecule has 1 aliphatic rings. The molecule has 32 heavy (non-hydrogen) atoms. The van der Waals surface area contributed by atoms with Crippen molar-refractivity contribution in [2.45, 2.75) is 136 Å². The minimum absolute atomic E-state index is 0.180. The van der Waals surface area contributed by atoms with E-state index < -0.39 is 0 Å². The molecule has 4 heteroatoms. The second kappa shape index (κ2) is 19.4. The molecule has 0 aromatic carbocycles. The molecular weight excluding hydrogens is 400 g/mol. The van der Waals surface area contributed by atoms with E-state index in [1.165, 1.54) is 64.2 Å². The molecule has 0 heterocycles. The summed E-state index contributed by atoms with van der Waals surface area (Å²) in [6.07, 6.45) is 20.6. The van der Waals surface area contributed by atoms with Crippen LogP contribution in [-0.4, -0.2) is 25.2 Å². The van der Waals surface area contributed by atoms with Crippen LogP contribution in [0.15, 0.2) is 0 Å². The minimum atomic E-state index is -0.312. The topological polar surface area (TPSA) is 52.6 Å². The van der Waals surface area contributed by atoms with E-state index in [0.29, 0.717) is 19.1 Å². The molecule has 188 valence electrons. The van der Waals surface area contributed by atoms with Gasteiger partial charge in [0.05, 0.1) is 25.0 Å². The highest BCUT2D eigenvalue weighted by molar-refractivity contribution is 5.82. The van der Waals surface area contributed by atoms with E-state index in [-0.39, 0.29) is 23.8 Å². The Labute approximate surface area is 198 Å². The van der Waals surface area contributed by atoms with Gasteiger partial charge in [0, 0.05) is 0 Å². The van der Waals surface area contributed by atoms with Crippen LogP contribution in [0.3, 0.4) is 0 Å². The molecule has 0 bridgehead atoms.